The molecular formula is C35H59FO12. The lowest BCUT2D eigenvalue weighted by molar-refractivity contribution is -0.266. The van der Waals surface area contributed by atoms with Crippen LogP contribution in [0, 0.1) is 22.7 Å². The van der Waals surface area contributed by atoms with E-state index in [-0.39, 0.29) is 42.0 Å². The second-order valence-corrected chi connectivity index (χ2v) is 14.3. The molecule has 4 aliphatic carbocycles. The lowest BCUT2D eigenvalue weighted by Gasteiger charge is -2.60. The molecule has 6 N–H and O–H groups in total. The largest absolute Gasteiger partial charge is 0.458 e. The van der Waals surface area contributed by atoms with Crippen molar-refractivity contribution in [2.45, 2.75) is 127 Å². The van der Waals surface area contributed by atoms with Crippen LogP contribution >= 0.6 is 0 Å². The van der Waals surface area contributed by atoms with Gasteiger partial charge in [-0.25, -0.2) is 4.79 Å². The Morgan fingerprint density at radius 1 is 0.896 bits per heavy atom. The zero-order valence-corrected chi connectivity index (χ0v) is 29.0. The van der Waals surface area contributed by atoms with Crippen LogP contribution in [0.1, 0.15) is 84.5 Å². The highest BCUT2D eigenvalue weighted by molar-refractivity contribution is 5.83. The molecule has 5 fully saturated rings. The molecule has 10 unspecified atom stereocenters. The predicted molar refractivity (Wildman–Crippen MR) is 173 cm³/mol. The summed E-state index contributed by atoms with van der Waals surface area (Å²) in [6.07, 6.45) is 12.1. The molecular weight excluding hydrogens is 631 g/mol. The summed E-state index contributed by atoms with van der Waals surface area (Å²) in [5.74, 6) is 0.726. The minimum absolute atomic E-state index is 0.120. The van der Waals surface area contributed by atoms with E-state index in [1.807, 2.05) is 0 Å². The standard InChI is InChI=1S/C19H29FO2.C10H18O6.C4H4O2.2CH4O/c1-17-8-3-9-19(17,21)16-5-4-13-12-14(22-20)6-11-18(13,2)15(16)7-10-17;11-6-1-8(5-14-3-6)16-10-9(13)2-7(12)4-15-10;5-4-2-1-3-6-4;2*1-2/h4,14-16,21H,3,5-12H2,1-2H3;6-13H,1-5H2;1-2H,3H2;2*2H,1H3/t;6?,7?,8?,9?,10-;;;/m.0.../s1. The van der Waals surface area contributed by atoms with Crippen LogP contribution < -0.4 is 0 Å². The molecule has 0 amide bonds. The van der Waals surface area contributed by atoms with Gasteiger partial charge in [0.2, 0.25) is 0 Å². The van der Waals surface area contributed by atoms with Crippen LogP contribution in [-0.2, 0) is 28.7 Å². The van der Waals surface area contributed by atoms with Crippen LogP contribution in [0.2, 0.25) is 0 Å². The fourth-order valence-electron chi connectivity index (χ4n) is 8.94. The van der Waals surface area contributed by atoms with Gasteiger partial charge in [0.25, 0.3) is 0 Å². The van der Waals surface area contributed by atoms with Gasteiger partial charge in [0.15, 0.2) is 6.29 Å². The average molecular weight is 691 g/mol. The van der Waals surface area contributed by atoms with E-state index >= 15 is 0 Å². The van der Waals surface area contributed by atoms with Gasteiger partial charge in [-0.15, -0.1) is 0 Å². The molecule has 0 radical (unpaired) electrons. The number of hydrogen-bond acceptors (Lipinski definition) is 12. The van der Waals surface area contributed by atoms with E-state index in [4.69, 9.17) is 24.4 Å². The van der Waals surface area contributed by atoms with Crippen molar-refractivity contribution in [1.82, 2.24) is 0 Å². The third-order valence-corrected chi connectivity index (χ3v) is 11.5. The minimum Gasteiger partial charge on any atom is -0.458 e. The van der Waals surface area contributed by atoms with Gasteiger partial charge < -0.3 is 49.6 Å². The van der Waals surface area contributed by atoms with Crippen molar-refractivity contribution in [3.05, 3.63) is 23.8 Å². The van der Waals surface area contributed by atoms with E-state index in [1.165, 1.54) is 30.9 Å². The van der Waals surface area contributed by atoms with Crippen molar-refractivity contribution < 1.29 is 63.8 Å². The number of aliphatic hydroxyl groups is 6. The van der Waals surface area contributed by atoms with Crippen molar-refractivity contribution in [2.24, 2.45) is 22.7 Å². The monoisotopic (exact) mass is 690 g/mol. The van der Waals surface area contributed by atoms with E-state index < -0.39 is 30.2 Å². The normalized spacial score (nSPS) is 42.6. The lowest BCUT2D eigenvalue weighted by atomic mass is 9.46. The van der Waals surface area contributed by atoms with Crippen molar-refractivity contribution in [2.75, 3.05) is 40.6 Å². The molecule has 2 saturated heterocycles. The molecule has 0 spiro atoms. The molecule has 3 heterocycles. The highest BCUT2D eigenvalue weighted by Crippen LogP contribution is 2.66. The van der Waals surface area contributed by atoms with Crippen molar-refractivity contribution >= 4 is 5.97 Å². The van der Waals surface area contributed by atoms with Crippen LogP contribution in [-0.4, -0.2) is 120 Å². The summed E-state index contributed by atoms with van der Waals surface area (Å²) in [6.45, 7) is 6.02. The van der Waals surface area contributed by atoms with Gasteiger partial charge >= 0.3 is 5.97 Å². The van der Waals surface area contributed by atoms with Gasteiger partial charge in [0.05, 0.1) is 43.7 Å². The fraction of sp³-hybridized carbons (Fsp3) is 0.857. The first kappa shape index (κ1) is 40.9. The number of carbonyl (C=O) groups is 1. The first-order valence-electron chi connectivity index (χ1n) is 17.3. The molecule has 0 aromatic rings. The number of cyclic esters (lactones) is 1. The molecule has 0 aromatic carbocycles. The highest BCUT2D eigenvalue weighted by Gasteiger charge is 2.63. The smallest absolute Gasteiger partial charge is 0.330 e. The molecule has 13 heteroatoms. The maximum absolute atomic E-state index is 12.6. The van der Waals surface area contributed by atoms with Crippen molar-refractivity contribution in [3.8, 4) is 0 Å². The average Bonchev–Trinajstić information content (AvgIpc) is 3.70. The van der Waals surface area contributed by atoms with Gasteiger partial charge in [-0.05, 0) is 91.1 Å². The Bertz CT molecular complexity index is 1060. The van der Waals surface area contributed by atoms with Gasteiger partial charge in [-0.3, -0.25) is 0 Å². The third-order valence-electron chi connectivity index (χ3n) is 11.5. The number of hydrogen-bond donors (Lipinski definition) is 6. The van der Waals surface area contributed by atoms with Crippen LogP contribution in [0.25, 0.3) is 0 Å². The third kappa shape index (κ3) is 9.42. The summed E-state index contributed by atoms with van der Waals surface area (Å²) in [5.41, 5.74) is 1.19. The minimum atomic E-state index is -0.831. The summed E-state index contributed by atoms with van der Waals surface area (Å²) >= 11 is 0. The highest BCUT2D eigenvalue weighted by atomic mass is 19.3. The van der Waals surface area contributed by atoms with Crippen molar-refractivity contribution in [1.29, 1.82) is 0 Å². The molecule has 0 bridgehead atoms. The number of carbonyl (C=O) groups excluding carboxylic acids is 1. The lowest BCUT2D eigenvalue weighted by Crippen LogP contribution is -2.59. The number of ether oxygens (including phenoxy) is 4. The van der Waals surface area contributed by atoms with Crippen LogP contribution in [0.15, 0.2) is 23.8 Å². The van der Waals surface area contributed by atoms with Crippen LogP contribution in [0.4, 0.5) is 4.53 Å². The Kier molecular flexibility index (Phi) is 15.9. The number of allylic oxidation sites excluding steroid dienone is 1. The van der Waals surface area contributed by atoms with E-state index in [9.17, 15) is 29.7 Å². The van der Waals surface area contributed by atoms with E-state index in [1.54, 1.807) is 6.08 Å². The summed E-state index contributed by atoms with van der Waals surface area (Å²) in [4.78, 5) is 14.1. The van der Waals surface area contributed by atoms with Gasteiger partial charge in [-0.1, -0.05) is 25.5 Å². The Hall–Kier alpha value is -1.52. The second kappa shape index (κ2) is 18.6. The molecule has 3 aliphatic heterocycles. The maximum atomic E-state index is 12.6. The maximum Gasteiger partial charge on any atom is 0.330 e. The number of aliphatic hydroxyl groups excluding tert-OH is 5. The van der Waals surface area contributed by atoms with Gasteiger partial charge in [0, 0.05) is 33.1 Å². The Labute approximate surface area is 283 Å². The Morgan fingerprint density at radius 2 is 1.62 bits per heavy atom. The molecule has 48 heavy (non-hydrogen) atoms. The second-order valence-electron chi connectivity index (χ2n) is 14.3. The molecule has 12 nitrogen and oxygen atoms in total. The number of esters is 1. The van der Waals surface area contributed by atoms with Gasteiger partial charge in [0.1, 0.15) is 18.8 Å². The van der Waals surface area contributed by atoms with E-state index in [0.29, 0.717) is 38.1 Å². The quantitative estimate of drug-likeness (QED) is 0.188. The molecule has 0 aromatic heterocycles. The number of fused-ring (bicyclic) bond motifs is 5. The molecule has 7 rings (SSSR count). The van der Waals surface area contributed by atoms with Gasteiger partial charge in [-0.2, -0.15) is 4.94 Å². The van der Waals surface area contributed by atoms with Crippen molar-refractivity contribution in [3.63, 3.8) is 0 Å². The fourth-order valence-corrected chi connectivity index (χ4v) is 8.94. The number of halogens is 1. The summed E-state index contributed by atoms with van der Waals surface area (Å²) in [5, 5.41) is 53.8. The first-order chi connectivity index (χ1) is 23.0. The first-order valence-corrected chi connectivity index (χ1v) is 17.3. The van der Waals surface area contributed by atoms with Crippen LogP contribution in [0.3, 0.4) is 0 Å². The molecule has 278 valence electrons. The van der Waals surface area contributed by atoms with Crippen LogP contribution in [0.5, 0.6) is 0 Å². The zero-order valence-electron chi connectivity index (χ0n) is 29.0. The predicted octanol–water partition coefficient (Wildman–Crippen LogP) is 2.66. The molecule has 3 saturated carbocycles. The Balaban J connectivity index is 0.000000210. The summed E-state index contributed by atoms with van der Waals surface area (Å²) in [6, 6.07) is 0. The summed E-state index contributed by atoms with van der Waals surface area (Å²) in [7, 11) is 2.00. The summed E-state index contributed by atoms with van der Waals surface area (Å²) < 4.78 is 32.8. The molecule has 11 atom stereocenters. The topological polar surface area (TPSA) is 185 Å². The van der Waals surface area contributed by atoms with E-state index in [2.05, 4.69) is 29.6 Å². The SMILES string of the molecule is CC12CCC(OF)CC1=CCC1C2CCC2(C)CCCC12O.CO.CO.O=C1C=CCO1.OC1COCC(O[C@@H]2OCC(O)CC2O)C1. The van der Waals surface area contributed by atoms with E-state index in [0.717, 1.165) is 52.7 Å². The Morgan fingerprint density at radius 3 is 2.23 bits per heavy atom. The number of rotatable bonds is 3. The molecule has 7 aliphatic rings. The zero-order chi connectivity index (χ0) is 35.5.